The Morgan fingerprint density at radius 1 is 1.07 bits per heavy atom. The zero-order valence-electron chi connectivity index (χ0n) is 18.0. The molecule has 1 saturated heterocycles. The Kier molecular flexibility index (Phi) is 11.0. The Hall–Kier alpha value is -1.14. The molecule has 2 N–H and O–H groups in total. The summed E-state index contributed by atoms with van der Waals surface area (Å²) in [5.41, 5.74) is 2.33. The first kappa shape index (κ1) is 24.1. The highest BCUT2D eigenvalue weighted by Gasteiger charge is 2.16. The molecule has 1 fully saturated rings. The summed E-state index contributed by atoms with van der Waals surface area (Å²) in [6.07, 6.45) is 6.23. The van der Waals surface area contributed by atoms with Crippen molar-refractivity contribution in [2.24, 2.45) is 5.92 Å². The van der Waals surface area contributed by atoms with Crippen molar-refractivity contribution in [3.8, 4) is 0 Å². The van der Waals surface area contributed by atoms with Crippen LogP contribution in [-0.2, 0) is 16.0 Å². The predicted octanol–water partition coefficient (Wildman–Crippen LogP) is 4.94. The van der Waals surface area contributed by atoms with E-state index < -0.39 is 0 Å². The third-order valence-corrected chi connectivity index (χ3v) is 8.18. The lowest BCUT2D eigenvalue weighted by Crippen LogP contribution is -2.36. The van der Waals surface area contributed by atoms with Gasteiger partial charge in [0.05, 0.1) is 5.92 Å². The molecule has 4 nitrogen and oxygen atoms in total. The fraction of sp³-hybridized carbons (Fsp3) is 0.652. The minimum absolute atomic E-state index is 0.00259. The number of rotatable bonds is 12. The maximum Gasteiger partial charge on any atom is 0.227 e. The lowest BCUT2D eigenvalue weighted by molar-refractivity contribution is -0.123. The van der Waals surface area contributed by atoms with Crippen LogP contribution in [0.15, 0.2) is 24.3 Å². The highest BCUT2D eigenvalue weighted by Crippen LogP contribution is 2.39. The Balaban J connectivity index is 1.56. The highest BCUT2D eigenvalue weighted by molar-refractivity contribution is 8.77. The molecule has 0 radical (unpaired) electrons. The number of hydrogen-bond acceptors (Lipinski definition) is 4. The van der Waals surface area contributed by atoms with Gasteiger partial charge in [-0.3, -0.25) is 9.59 Å². The average molecular weight is 437 g/mol. The molecule has 2 amide bonds. The maximum atomic E-state index is 12.4. The van der Waals surface area contributed by atoms with Crippen LogP contribution in [0, 0.1) is 5.92 Å². The number of carbonyl (C=O) groups is 2. The monoisotopic (exact) mass is 436 g/mol. The SMILES string of the molecule is CC(C)Cc1ccc(C(C)C(=O)NCCNC(=O)CCCCC2CCSS2)cc1. The van der Waals surface area contributed by atoms with E-state index in [-0.39, 0.29) is 17.7 Å². The second kappa shape index (κ2) is 13.2. The topological polar surface area (TPSA) is 58.2 Å². The molecule has 0 aliphatic carbocycles. The lowest BCUT2D eigenvalue weighted by atomic mass is 9.96. The summed E-state index contributed by atoms with van der Waals surface area (Å²) in [7, 11) is 3.97. The van der Waals surface area contributed by atoms with Crippen molar-refractivity contribution in [2.75, 3.05) is 18.8 Å². The molecule has 0 spiro atoms. The fourth-order valence-electron chi connectivity index (χ4n) is 3.42. The van der Waals surface area contributed by atoms with Gasteiger partial charge in [-0.1, -0.05) is 66.1 Å². The number of nitrogens with one attached hydrogen (secondary N) is 2. The van der Waals surface area contributed by atoms with Gasteiger partial charge in [0.25, 0.3) is 0 Å². The van der Waals surface area contributed by atoms with Crippen LogP contribution in [-0.4, -0.2) is 35.9 Å². The van der Waals surface area contributed by atoms with Crippen molar-refractivity contribution in [1.82, 2.24) is 10.6 Å². The van der Waals surface area contributed by atoms with Crippen molar-refractivity contribution in [3.63, 3.8) is 0 Å². The third-order valence-electron chi connectivity index (χ3n) is 5.17. The molecule has 0 bridgehead atoms. The van der Waals surface area contributed by atoms with Gasteiger partial charge in [0, 0.05) is 30.5 Å². The molecule has 29 heavy (non-hydrogen) atoms. The van der Waals surface area contributed by atoms with Crippen molar-refractivity contribution in [3.05, 3.63) is 35.4 Å². The van der Waals surface area contributed by atoms with Crippen LogP contribution in [0.2, 0.25) is 0 Å². The van der Waals surface area contributed by atoms with E-state index in [4.69, 9.17) is 0 Å². The second-order valence-electron chi connectivity index (χ2n) is 8.28. The fourth-order valence-corrected chi connectivity index (χ4v) is 6.44. The van der Waals surface area contributed by atoms with E-state index in [1.807, 2.05) is 40.6 Å². The van der Waals surface area contributed by atoms with Crippen LogP contribution in [0.4, 0.5) is 0 Å². The standard InChI is InChI=1S/C23H36N2O2S2/c1-17(2)16-19-8-10-20(11-9-19)18(3)23(27)25-14-13-24-22(26)7-5-4-6-21-12-15-28-29-21/h8-11,17-18,21H,4-7,12-16H2,1-3H3,(H,24,26)(H,25,27). The van der Waals surface area contributed by atoms with Gasteiger partial charge in [0.15, 0.2) is 0 Å². The van der Waals surface area contributed by atoms with Gasteiger partial charge in [-0.25, -0.2) is 0 Å². The first-order valence-corrected chi connectivity index (χ1v) is 13.3. The summed E-state index contributed by atoms with van der Waals surface area (Å²) in [6, 6.07) is 8.33. The summed E-state index contributed by atoms with van der Waals surface area (Å²) in [6.45, 7) is 7.29. The molecule has 1 aliphatic heterocycles. The second-order valence-corrected chi connectivity index (χ2v) is 11.1. The first-order chi connectivity index (χ1) is 14.0. The Morgan fingerprint density at radius 2 is 1.79 bits per heavy atom. The zero-order chi connectivity index (χ0) is 21.1. The van der Waals surface area contributed by atoms with Crippen molar-refractivity contribution in [2.45, 2.75) is 70.5 Å². The number of carbonyl (C=O) groups excluding carboxylic acids is 2. The van der Waals surface area contributed by atoms with Gasteiger partial charge in [0.2, 0.25) is 11.8 Å². The number of benzene rings is 1. The first-order valence-electron chi connectivity index (χ1n) is 10.9. The van der Waals surface area contributed by atoms with Gasteiger partial charge in [-0.2, -0.15) is 0 Å². The molecule has 1 aromatic carbocycles. The smallest absolute Gasteiger partial charge is 0.227 e. The number of amides is 2. The Morgan fingerprint density at radius 3 is 2.45 bits per heavy atom. The van der Waals surface area contributed by atoms with Crippen LogP contribution in [0.3, 0.4) is 0 Å². The molecular weight excluding hydrogens is 400 g/mol. The van der Waals surface area contributed by atoms with Crippen LogP contribution < -0.4 is 10.6 Å². The molecule has 0 aromatic heterocycles. The van der Waals surface area contributed by atoms with Gasteiger partial charge >= 0.3 is 0 Å². The minimum atomic E-state index is -0.189. The minimum Gasteiger partial charge on any atom is -0.354 e. The number of hydrogen-bond donors (Lipinski definition) is 2. The average Bonchev–Trinajstić information content (AvgIpc) is 3.21. The quantitative estimate of drug-likeness (QED) is 0.360. The van der Waals surface area contributed by atoms with Crippen LogP contribution >= 0.6 is 21.6 Å². The summed E-state index contributed by atoms with van der Waals surface area (Å²) < 4.78 is 0. The predicted molar refractivity (Wildman–Crippen MR) is 126 cm³/mol. The van der Waals surface area contributed by atoms with E-state index in [9.17, 15) is 9.59 Å². The molecule has 0 saturated carbocycles. The molecule has 6 heteroatoms. The van der Waals surface area contributed by atoms with Gasteiger partial charge in [0.1, 0.15) is 0 Å². The van der Waals surface area contributed by atoms with E-state index in [0.29, 0.717) is 25.4 Å². The van der Waals surface area contributed by atoms with Crippen LogP contribution in [0.25, 0.3) is 0 Å². The molecule has 162 valence electrons. The van der Waals surface area contributed by atoms with Gasteiger partial charge in [-0.05, 0) is 49.7 Å². The maximum absolute atomic E-state index is 12.4. The summed E-state index contributed by atoms with van der Waals surface area (Å²) in [5, 5.41) is 6.62. The summed E-state index contributed by atoms with van der Waals surface area (Å²) >= 11 is 0. The molecule has 1 heterocycles. The Labute approximate surface area is 184 Å². The van der Waals surface area contributed by atoms with E-state index >= 15 is 0 Å². The third kappa shape index (κ3) is 9.47. The molecule has 1 aliphatic rings. The van der Waals surface area contributed by atoms with E-state index in [0.717, 1.165) is 30.1 Å². The largest absolute Gasteiger partial charge is 0.354 e. The zero-order valence-corrected chi connectivity index (χ0v) is 19.7. The van der Waals surface area contributed by atoms with Crippen LogP contribution in [0.1, 0.15) is 69.9 Å². The summed E-state index contributed by atoms with van der Waals surface area (Å²) in [4.78, 5) is 24.3. The Bertz CT molecular complexity index is 628. The van der Waals surface area contributed by atoms with E-state index in [1.54, 1.807) is 0 Å². The normalized spacial score (nSPS) is 17.3. The van der Waals surface area contributed by atoms with Gasteiger partial charge in [-0.15, -0.1) is 0 Å². The molecule has 2 rings (SSSR count). The van der Waals surface area contributed by atoms with Crippen LogP contribution in [0.5, 0.6) is 0 Å². The lowest BCUT2D eigenvalue weighted by Gasteiger charge is -2.14. The summed E-state index contributed by atoms with van der Waals surface area (Å²) in [5.74, 6) is 1.79. The van der Waals surface area contributed by atoms with Crippen molar-refractivity contribution >= 4 is 33.4 Å². The highest BCUT2D eigenvalue weighted by atomic mass is 33.1. The van der Waals surface area contributed by atoms with Crippen molar-refractivity contribution < 1.29 is 9.59 Å². The molecule has 2 unspecified atom stereocenters. The molecule has 1 aromatic rings. The van der Waals surface area contributed by atoms with Crippen molar-refractivity contribution in [1.29, 1.82) is 0 Å². The van der Waals surface area contributed by atoms with Gasteiger partial charge < -0.3 is 10.6 Å². The van der Waals surface area contributed by atoms with E-state index in [1.165, 1.54) is 24.2 Å². The number of unbranched alkanes of at least 4 members (excludes halogenated alkanes) is 1. The van der Waals surface area contributed by atoms with E-state index in [2.05, 4.69) is 36.6 Å². The molecular formula is C23H36N2O2S2. The molecule has 2 atom stereocenters.